The van der Waals surface area contributed by atoms with Crippen molar-refractivity contribution in [1.29, 1.82) is 0 Å². The maximum absolute atomic E-state index is 11.9. The van der Waals surface area contributed by atoms with Gasteiger partial charge in [0.1, 0.15) is 5.75 Å². The summed E-state index contributed by atoms with van der Waals surface area (Å²) in [6, 6.07) is 16.5. The van der Waals surface area contributed by atoms with E-state index in [0.29, 0.717) is 69.5 Å². The fraction of sp³-hybridized carbons (Fsp3) is 0.308. The third-order valence-corrected chi connectivity index (χ3v) is 4.86. The van der Waals surface area contributed by atoms with Crippen LogP contribution in [0.2, 0.25) is 0 Å². The number of carbonyl (C=O) groups excluding carboxylic acids is 1. The highest BCUT2D eigenvalue weighted by molar-refractivity contribution is 5.94. The van der Waals surface area contributed by atoms with Crippen LogP contribution in [0.4, 0.5) is 23.5 Å². The Balaban J connectivity index is 1.34. The van der Waals surface area contributed by atoms with E-state index in [2.05, 4.69) is 42.8 Å². The molecule has 0 saturated heterocycles. The molecular formula is C26H33N7O4. The standard InChI is InChI=1S/C26H33N7O4/c1-3-13-28-24-31-25(33-26(32-24)30-21-9-11-22(35-2)12-10-21)29-15-17-37-19-18-36-16-14-27-23(34)20-7-5-4-6-8-20/h3-12H,1,13-19H2,2H3,(H,27,34)(H3,28,29,30,31,32,33). The van der Waals surface area contributed by atoms with Gasteiger partial charge in [0.2, 0.25) is 17.8 Å². The molecule has 0 aliphatic heterocycles. The highest BCUT2D eigenvalue weighted by Crippen LogP contribution is 2.19. The van der Waals surface area contributed by atoms with Crippen molar-refractivity contribution in [3.05, 3.63) is 72.8 Å². The monoisotopic (exact) mass is 507 g/mol. The summed E-state index contributed by atoms with van der Waals surface area (Å²) < 4.78 is 16.3. The number of hydrogen-bond donors (Lipinski definition) is 4. The summed E-state index contributed by atoms with van der Waals surface area (Å²) in [6.45, 7) is 6.87. The number of amides is 1. The first kappa shape index (κ1) is 27.4. The van der Waals surface area contributed by atoms with Crippen molar-refractivity contribution in [2.24, 2.45) is 0 Å². The van der Waals surface area contributed by atoms with E-state index >= 15 is 0 Å². The molecule has 0 spiro atoms. The molecule has 196 valence electrons. The second-order valence-corrected chi connectivity index (χ2v) is 7.60. The van der Waals surface area contributed by atoms with Gasteiger partial charge in [0.25, 0.3) is 5.91 Å². The lowest BCUT2D eigenvalue weighted by atomic mass is 10.2. The number of methoxy groups -OCH3 is 1. The van der Waals surface area contributed by atoms with Crippen molar-refractivity contribution in [3.63, 3.8) is 0 Å². The van der Waals surface area contributed by atoms with E-state index in [4.69, 9.17) is 14.2 Å². The Kier molecular flexibility index (Phi) is 11.6. The van der Waals surface area contributed by atoms with Crippen molar-refractivity contribution in [1.82, 2.24) is 20.3 Å². The highest BCUT2D eigenvalue weighted by Gasteiger charge is 2.07. The molecule has 4 N–H and O–H groups in total. The number of nitrogens with zero attached hydrogens (tertiary/aromatic N) is 3. The van der Waals surface area contributed by atoms with Gasteiger partial charge in [0.05, 0.1) is 33.5 Å². The summed E-state index contributed by atoms with van der Waals surface area (Å²) in [5, 5.41) is 12.2. The Labute approximate surface area is 216 Å². The predicted molar refractivity (Wildman–Crippen MR) is 144 cm³/mol. The fourth-order valence-corrected chi connectivity index (χ4v) is 3.04. The van der Waals surface area contributed by atoms with E-state index < -0.39 is 0 Å². The molecule has 3 aromatic rings. The number of benzene rings is 2. The molecule has 11 heteroatoms. The average Bonchev–Trinajstić information content (AvgIpc) is 2.93. The third kappa shape index (κ3) is 10.1. The zero-order valence-corrected chi connectivity index (χ0v) is 20.9. The van der Waals surface area contributed by atoms with Gasteiger partial charge in [0, 0.05) is 30.9 Å². The van der Waals surface area contributed by atoms with Crippen molar-refractivity contribution in [3.8, 4) is 5.75 Å². The summed E-state index contributed by atoms with van der Waals surface area (Å²) >= 11 is 0. The molecule has 3 rings (SSSR count). The molecule has 1 heterocycles. The van der Waals surface area contributed by atoms with Gasteiger partial charge in [0.15, 0.2) is 0 Å². The molecule has 0 atom stereocenters. The van der Waals surface area contributed by atoms with Gasteiger partial charge in [-0.2, -0.15) is 15.0 Å². The number of rotatable bonds is 17. The summed E-state index contributed by atoms with van der Waals surface area (Å²) in [5.74, 6) is 1.86. The molecule has 0 fully saturated rings. The van der Waals surface area contributed by atoms with E-state index in [1.165, 1.54) is 0 Å². The minimum atomic E-state index is -0.116. The summed E-state index contributed by atoms with van der Waals surface area (Å²) in [5.41, 5.74) is 1.44. The smallest absolute Gasteiger partial charge is 0.251 e. The molecule has 1 aromatic heterocycles. The minimum Gasteiger partial charge on any atom is -0.497 e. The molecule has 37 heavy (non-hydrogen) atoms. The van der Waals surface area contributed by atoms with Crippen molar-refractivity contribution in [2.75, 3.05) is 69.1 Å². The van der Waals surface area contributed by atoms with Gasteiger partial charge in [-0.05, 0) is 36.4 Å². The lowest BCUT2D eigenvalue weighted by molar-refractivity contribution is 0.0519. The molecule has 0 saturated carbocycles. The number of nitrogens with one attached hydrogen (secondary N) is 4. The van der Waals surface area contributed by atoms with Gasteiger partial charge >= 0.3 is 0 Å². The third-order valence-electron chi connectivity index (χ3n) is 4.86. The Morgan fingerprint density at radius 1 is 0.838 bits per heavy atom. The first-order valence-corrected chi connectivity index (χ1v) is 11.9. The van der Waals surface area contributed by atoms with Crippen molar-refractivity contribution in [2.45, 2.75) is 0 Å². The Bertz CT molecular complexity index is 1100. The SMILES string of the molecule is C=CCNc1nc(NCCOCCOCCNC(=O)c2ccccc2)nc(Nc2ccc(OC)cc2)n1. The topological polar surface area (TPSA) is 132 Å². The highest BCUT2D eigenvalue weighted by atomic mass is 16.5. The van der Waals surface area contributed by atoms with Crippen LogP contribution in [0.5, 0.6) is 5.75 Å². The molecule has 0 aliphatic rings. The van der Waals surface area contributed by atoms with E-state index in [-0.39, 0.29) is 5.91 Å². The maximum atomic E-state index is 11.9. The average molecular weight is 508 g/mol. The number of ether oxygens (including phenoxy) is 3. The Morgan fingerprint density at radius 3 is 2.16 bits per heavy atom. The van der Waals surface area contributed by atoms with Crippen LogP contribution in [-0.2, 0) is 9.47 Å². The fourth-order valence-electron chi connectivity index (χ4n) is 3.04. The van der Waals surface area contributed by atoms with Crippen LogP contribution in [0.3, 0.4) is 0 Å². The number of aromatic nitrogens is 3. The molecule has 2 aromatic carbocycles. The van der Waals surface area contributed by atoms with E-state index in [9.17, 15) is 4.79 Å². The van der Waals surface area contributed by atoms with E-state index in [1.54, 1.807) is 25.3 Å². The largest absolute Gasteiger partial charge is 0.497 e. The molecule has 0 unspecified atom stereocenters. The number of carbonyl (C=O) groups is 1. The van der Waals surface area contributed by atoms with Gasteiger partial charge < -0.3 is 35.5 Å². The maximum Gasteiger partial charge on any atom is 0.251 e. The minimum absolute atomic E-state index is 0.116. The van der Waals surface area contributed by atoms with E-state index in [1.807, 2.05) is 42.5 Å². The van der Waals surface area contributed by atoms with E-state index in [0.717, 1.165) is 11.4 Å². The van der Waals surface area contributed by atoms with Crippen LogP contribution in [-0.4, -0.2) is 74.0 Å². The van der Waals surface area contributed by atoms with Crippen LogP contribution in [0.1, 0.15) is 10.4 Å². The summed E-state index contributed by atoms with van der Waals surface area (Å²) in [6.07, 6.45) is 1.72. The lowest BCUT2D eigenvalue weighted by Gasteiger charge is -2.11. The van der Waals surface area contributed by atoms with Gasteiger partial charge in [-0.3, -0.25) is 4.79 Å². The van der Waals surface area contributed by atoms with Crippen molar-refractivity contribution < 1.29 is 19.0 Å². The summed E-state index contributed by atoms with van der Waals surface area (Å²) in [7, 11) is 1.62. The van der Waals surface area contributed by atoms with Crippen LogP contribution in [0.25, 0.3) is 0 Å². The first-order chi connectivity index (χ1) is 18.2. The normalized spacial score (nSPS) is 10.4. The molecular weight excluding hydrogens is 474 g/mol. The van der Waals surface area contributed by atoms with Crippen LogP contribution >= 0.6 is 0 Å². The van der Waals surface area contributed by atoms with Crippen LogP contribution < -0.4 is 26.0 Å². The molecule has 0 aliphatic carbocycles. The number of hydrogen-bond acceptors (Lipinski definition) is 10. The second-order valence-electron chi connectivity index (χ2n) is 7.60. The van der Waals surface area contributed by atoms with Crippen LogP contribution in [0, 0.1) is 0 Å². The van der Waals surface area contributed by atoms with Gasteiger partial charge in [-0.15, -0.1) is 6.58 Å². The second kappa shape index (κ2) is 15.7. The lowest BCUT2D eigenvalue weighted by Crippen LogP contribution is -2.27. The molecule has 0 radical (unpaired) electrons. The summed E-state index contributed by atoms with van der Waals surface area (Å²) in [4.78, 5) is 25.1. The molecule has 0 bridgehead atoms. The zero-order valence-electron chi connectivity index (χ0n) is 20.9. The quantitative estimate of drug-likeness (QED) is 0.160. The zero-order chi connectivity index (χ0) is 26.1. The van der Waals surface area contributed by atoms with Crippen LogP contribution in [0.15, 0.2) is 67.3 Å². The van der Waals surface area contributed by atoms with Gasteiger partial charge in [-0.25, -0.2) is 0 Å². The molecule has 11 nitrogen and oxygen atoms in total. The number of anilines is 4. The Morgan fingerprint density at radius 2 is 1.49 bits per heavy atom. The van der Waals surface area contributed by atoms with Gasteiger partial charge in [-0.1, -0.05) is 24.3 Å². The Hall–Kier alpha value is -4.22. The first-order valence-electron chi connectivity index (χ1n) is 11.9. The van der Waals surface area contributed by atoms with Crippen molar-refractivity contribution >= 4 is 29.4 Å². The molecule has 1 amide bonds. The predicted octanol–water partition coefficient (Wildman–Crippen LogP) is 3.10.